The van der Waals surface area contributed by atoms with Crippen molar-refractivity contribution in [3.8, 4) is 22.0 Å². The van der Waals surface area contributed by atoms with Gasteiger partial charge in [0.25, 0.3) is 5.91 Å². The summed E-state index contributed by atoms with van der Waals surface area (Å²) in [5, 5.41) is 0.735. The molecule has 0 radical (unpaired) electrons. The summed E-state index contributed by atoms with van der Waals surface area (Å²) >= 11 is 1.41. The van der Waals surface area contributed by atoms with Gasteiger partial charge < -0.3 is 15.1 Å². The van der Waals surface area contributed by atoms with Crippen molar-refractivity contribution in [3.05, 3.63) is 53.6 Å². The molecule has 138 valence electrons. The lowest BCUT2D eigenvalue weighted by Gasteiger charge is -2.18. The van der Waals surface area contributed by atoms with Gasteiger partial charge in [0.05, 0.1) is 12.0 Å². The molecule has 1 amide bonds. The van der Waals surface area contributed by atoms with Crippen LogP contribution in [0.1, 0.15) is 22.5 Å². The van der Waals surface area contributed by atoms with Crippen LogP contribution < -0.4 is 5.73 Å². The summed E-state index contributed by atoms with van der Waals surface area (Å²) in [6.07, 6.45) is 3.83. The highest BCUT2D eigenvalue weighted by Gasteiger charge is 2.43. The van der Waals surface area contributed by atoms with Crippen LogP contribution in [0.5, 0.6) is 0 Å². The molecule has 3 aromatic rings. The van der Waals surface area contributed by atoms with Gasteiger partial charge in [0.2, 0.25) is 0 Å². The number of carbonyl (C=O) groups excluding carboxylic acids is 1. The number of furan rings is 1. The summed E-state index contributed by atoms with van der Waals surface area (Å²) in [5.74, 6) is 1.73. The summed E-state index contributed by atoms with van der Waals surface area (Å²) in [4.78, 5) is 20.8. The molecule has 1 aromatic carbocycles. The number of amides is 1. The third kappa shape index (κ3) is 2.89. The maximum Gasteiger partial charge on any atom is 0.266 e. The van der Waals surface area contributed by atoms with E-state index in [0.29, 0.717) is 22.5 Å². The first-order valence-corrected chi connectivity index (χ1v) is 10.2. The minimum atomic E-state index is 0.0609. The Morgan fingerprint density at radius 2 is 2.00 bits per heavy atom. The number of thiazole rings is 1. The molecule has 2 fully saturated rings. The maximum absolute atomic E-state index is 13.4. The Bertz CT molecular complexity index is 951. The van der Waals surface area contributed by atoms with Crippen LogP contribution in [0, 0.1) is 11.8 Å². The number of nitrogens with zero attached hydrogens (tertiary/aromatic N) is 2. The van der Waals surface area contributed by atoms with Gasteiger partial charge in [0, 0.05) is 24.7 Å². The Balaban J connectivity index is 1.52. The molecule has 27 heavy (non-hydrogen) atoms. The maximum atomic E-state index is 13.4. The van der Waals surface area contributed by atoms with Gasteiger partial charge in [-0.3, -0.25) is 4.79 Å². The molecule has 2 N–H and O–H groups in total. The van der Waals surface area contributed by atoms with Crippen LogP contribution in [0.15, 0.2) is 53.1 Å². The van der Waals surface area contributed by atoms with E-state index < -0.39 is 0 Å². The smallest absolute Gasteiger partial charge is 0.266 e. The lowest BCUT2D eigenvalue weighted by atomic mass is 9.98. The molecule has 3 atom stereocenters. The average Bonchev–Trinajstić information content (AvgIpc) is 3.47. The molecule has 3 heterocycles. The van der Waals surface area contributed by atoms with E-state index in [-0.39, 0.29) is 11.9 Å². The molecule has 1 aliphatic carbocycles. The summed E-state index contributed by atoms with van der Waals surface area (Å²) < 4.78 is 5.51. The summed E-state index contributed by atoms with van der Waals surface area (Å²) in [6, 6.07) is 13.8. The Morgan fingerprint density at radius 1 is 1.15 bits per heavy atom. The van der Waals surface area contributed by atoms with Crippen molar-refractivity contribution in [1.29, 1.82) is 0 Å². The van der Waals surface area contributed by atoms with Gasteiger partial charge in [0.15, 0.2) is 10.8 Å². The van der Waals surface area contributed by atoms with Crippen molar-refractivity contribution in [1.82, 2.24) is 9.88 Å². The first-order chi connectivity index (χ1) is 13.2. The molecule has 1 saturated heterocycles. The van der Waals surface area contributed by atoms with Crippen molar-refractivity contribution in [3.63, 3.8) is 0 Å². The molecule has 1 saturated carbocycles. The lowest BCUT2D eigenvalue weighted by Crippen LogP contribution is -2.33. The molecule has 2 aliphatic rings. The fourth-order valence-electron chi connectivity index (χ4n) is 4.38. The van der Waals surface area contributed by atoms with Crippen molar-refractivity contribution < 1.29 is 9.21 Å². The van der Waals surface area contributed by atoms with E-state index in [1.54, 1.807) is 6.26 Å². The van der Waals surface area contributed by atoms with Crippen molar-refractivity contribution in [2.75, 3.05) is 13.1 Å². The predicted octanol–water partition coefficient (Wildman–Crippen LogP) is 3.88. The number of benzene rings is 1. The van der Waals surface area contributed by atoms with Crippen molar-refractivity contribution in [2.45, 2.75) is 18.9 Å². The van der Waals surface area contributed by atoms with Gasteiger partial charge in [-0.2, -0.15) is 0 Å². The molecule has 3 unspecified atom stereocenters. The fraction of sp³-hybridized carbons (Fsp3) is 0.333. The van der Waals surface area contributed by atoms with E-state index in [9.17, 15) is 4.79 Å². The summed E-state index contributed by atoms with van der Waals surface area (Å²) in [6.45, 7) is 1.56. The number of carbonyl (C=O) groups is 1. The van der Waals surface area contributed by atoms with E-state index in [1.807, 2.05) is 47.4 Å². The van der Waals surface area contributed by atoms with E-state index >= 15 is 0 Å². The van der Waals surface area contributed by atoms with Crippen LogP contribution in [0.25, 0.3) is 22.0 Å². The van der Waals surface area contributed by atoms with Gasteiger partial charge in [0.1, 0.15) is 4.88 Å². The molecule has 5 nitrogen and oxygen atoms in total. The molecular weight excluding hydrogens is 358 g/mol. The Hall–Kier alpha value is -2.44. The highest BCUT2D eigenvalue weighted by Crippen LogP contribution is 2.40. The highest BCUT2D eigenvalue weighted by atomic mass is 32.1. The molecule has 6 heteroatoms. The van der Waals surface area contributed by atoms with Crippen LogP contribution in [-0.2, 0) is 0 Å². The molecular formula is C21H21N3O2S. The lowest BCUT2D eigenvalue weighted by molar-refractivity contribution is 0.0785. The molecule has 1 aliphatic heterocycles. The minimum absolute atomic E-state index is 0.0609. The second-order valence-electron chi connectivity index (χ2n) is 7.42. The van der Waals surface area contributed by atoms with Crippen LogP contribution in [0.4, 0.5) is 0 Å². The average molecular weight is 379 g/mol. The first kappa shape index (κ1) is 16.7. The van der Waals surface area contributed by atoms with Crippen LogP contribution >= 0.6 is 11.3 Å². The van der Waals surface area contributed by atoms with Gasteiger partial charge in [-0.05, 0) is 36.8 Å². The number of nitrogens with two attached hydrogens (primary N) is 1. The third-order valence-electron chi connectivity index (χ3n) is 5.80. The zero-order valence-corrected chi connectivity index (χ0v) is 15.7. The number of fused-ring (bicyclic) bond motifs is 1. The summed E-state index contributed by atoms with van der Waals surface area (Å²) in [5.41, 5.74) is 7.93. The molecule has 5 rings (SSSR count). The van der Waals surface area contributed by atoms with Crippen LogP contribution in [0.3, 0.4) is 0 Å². The van der Waals surface area contributed by atoms with E-state index in [4.69, 9.17) is 15.1 Å². The Kier molecular flexibility index (Phi) is 4.10. The molecule has 0 spiro atoms. The third-order valence-corrected chi connectivity index (χ3v) is 6.86. The fourth-order valence-corrected chi connectivity index (χ4v) is 5.40. The van der Waals surface area contributed by atoms with Crippen LogP contribution in [-0.4, -0.2) is 34.9 Å². The van der Waals surface area contributed by atoms with Gasteiger partial charge in [-0.25, -0.2) is 4.98 Å². The van der Waals surface area contributed by atoms with E-state index in [0.717, 1.165) is 42.2 Å². The second kappa shape index (κ2) is 6.62. The monoisotopic (exact) mass is 379 g/mol. The van der Waals surface area contributed by atoms with Gasteiger partial charge in [-0.15, -0.1) is 11.3 Å². The predicted molar refractivity (Wildman–Crippen MR) is 105 cm³/mol. The van der Waals surface area contributed by atoms with Gasteiger partial charge >= 0.3 is 0 Å². The first-order valence-electron chi connectivity index (χ1n) is 9.35. The SMILES string of the molecule is NC1CCC2CN(C(=O)c3sc(-c4ccco4)nc3-c3ccccc3)CC12. The van der Waals surface area contributed by atoms with E-state index in [1.165, 1.54) is 11.3 Å². The van der Waals surface area contributed by atoms with E-state index in [2.05, 4.69) is 0 Å². The number of hydrogen-bond acceptors (Lipinski definition) is 5. The van der Waals surface area contributed by atoms with Crippen LogP contribution in [0.2, 0.25) is 0 Å². The number of hydrogen-bond donors (Lipinski definition) is 1. The highest BCUT2D eigenvalue weighted by molar-refractivity contribution is 7.17. The largest absolute Gasteiger partial charge is 0.462 e. The normalized spacial score (nSPS) is 24.3. The minimum Gasteiger partial charge on any atom is -0.462 e. The number of likely N-dealkylation sites (tertiary alicyclic amines) is 1. The Morgan fingerprint density at radius 3 is 2.74 bits per heavy atom. The zero-order chi connectivity index (χ0) is 18.4. The summed E-state index contributed by atoms with van der Waals surface area (Å²) in [7, 11) is 0. The second-order valence-corrected chi connectivity index (χ2v) is 8.41. The zero-order valence-electron chi connectivity index (χ0n) is 14.9. The van der Waals surface area contributed by atoms with Crippen molar-refractivity contribution in [2.24, 2.45) is 17.6 Å². The van der Waals surface area contributed by atoms with Crippen molar-refractivity contribution >= 4 is 17.2 Å². The number of aromatic nitrogens is 1. The molecule has 2 aromatic heterocycles. The Labute approximate surface area is 161 Å². The quantitative estimate of drug-likeness (QED) is 0.750. The van der Waals surface area contributed by atoms with Gasteiger partial charge in [-0.1, -0.05) is 30.3 Å². The standard InChI is InChI=1S/C21H21N3O2S/c22-16-9-8-14-11-24(12-15(14)16)21(25)19-18(13-5-2-1-3-6-13)23-20(27-19)17-7-4-10-26-17/h1-7,10,14-16H,8-9,11-12,22H2. The topological polar surface area (TPSA) is 72.4 Å². The number of rotatable bonds is 3. The molecule has 0 bridgehead atoms.